The van der Waals surface area contributed by atoms with Gasteiger partial charge in [-0.1, -0.05) is 25.1 Å². The van der Waals surface area contributed by atoms with Gasteiger partial charge in [-0.3, -0.25) is 4.79 Å². The zero-order valence-corrected chi connectivity index (χ0v) is 18.6. The minimum atomic E-state index is -0.268. The molecule has 1 fully saturated rings. The topological polar surface area (TPSA) is 61.9 Å². The van der Waals surface area contributed by atoms with Crippen LogP contribution in [0.2, 0.25) is 0 Å². The van der Waals surface area contributed by atoms with E-state index in [0.717, 1.165) is 24.2 Å². The van der Waals surface area contributed by atoms with E-state index in [-0.39, 0.29) is 28.1 Å². The molecule has 1 N–H and O–H groups in total. The summed E-state index contributed by atoms with van der Waals surface area (Å²) in [5.41, 5.74) is 0.758. The molecule has 1 aromatic carbocycles. The Hall–Kier alpha value is -1.89. The van der Waals surface area contributed by atoms with Crippen LogP contribution in [0.25, 0.3) is 0 Å². The van der Waals surface area contributed by atoms with Gasteiger partial charge in [-0.15, -0.1) is 11.8 Å². The van der Waals surface area contributed by atoms with E-state index in [1.165, 1.54) is 0 Å². The predicted octanol–water partition coefficient (Wildman–Crippen LogP) is 3.88. The maximum Gasteiger partial charge on any atom is 0.317 e. The summed E-state index contributed by atoms with van der Waals surface area (Å²) < 4.78 is 5.52. The molecule has 1 saturated heterocycles. The Balaban J connectivity index is 2.04. The molecule has 2 rings (SSSR count). The fraction of sp³-hybridized carbons (Fsp3) is 0.619. The standard InChI is InChI=1S/C21H33N3O3S/c1-7-17-18(25)24(14-10-13-23(5)20(26)22-21(2,3)4)19(28-17)15-11-8-9-12-16(15)27-6/h8-9,11-12,17,19H,7,10,13-14H2,1-6H3,(H,22,26)/t17-,19+/m0/s1. The van der Waals surface area contributed by atoms with E-state index in [0.29, 0.717) is 13.1 Å². The molecule has 0 saturated carbocycles. The number of urea groups is 1. The van der Waals surface area contributed by atoms with Crippen LogP contribution in [0.4, 0.5) is 4.79 Å². The van der Waals surface area contributed by atoms with Crippen molar-refractivity contribution in [2.75, 3.05) is 27.2 Å². The van der Waals surface area contributed by atoms with Crippen molar-refractivity contribution in [1.29, 1.82) is 0 Å². The van der Waals surface area contributed by atoms with Gasteiger partial charge < -0.3 is 19.9 Å². The Labute approximate surface area is 173 Å². The number of hydrogen-bond donors (Lipinski definition) is 1. The third-order valence-corrected chi connectivity index (χ3v) is 6.26. The van der Waals surface area contributed by atoms with Crippen molar-refractivity contribution in [2.45, 2.75) is 56.7 Å². The van der Waals surface area contributed by atoms with Crippen molar-refractivity contribution >= 4 is 23.7 Å². The van der Waals surface area contributed by atoms with Gasteiger partial charge in [0.1, 0.15) is 11.1 Å². The van der Waals surface area contributed by atoms with Crippen LogP contribution in [-0.2, 0) is 4.79 Å². The zero-order valence-electron chi connectivity index (χ0n) is 17.8. The number of nitrogens with zero attached hydrogens (tertiary/aromatic N) is 2. The van der Waals surface area contributed by atoms with Gasteiger partial charge in [0.2, 0.25) is 5.91 Å². The average Bonchev–Trinajstić information content (AvgIpc) is 2.96. The highest BCUT2D eigenvalue weighted by molar-refractivity contribution is 8.01. The van der Waals surface area contributed by atoms with Gasteiger partial charge in [-0.25, -0.2) is 4.79 Å². The number of ether oxygens (including phenoxy) is 1. The van der Waals surface area contributed by atoms with Crippen molar-refractivity contribution in [3.8, 4) is 5.75 Å². The number of benzene rings is 1. The molecule has 1 aliphatic heterocycles. The van der Waals surface area contributed by atoms with Gasteiger partial charge in [-0.2, -0.15) is 0 Å². The Bertz CT molecular complexity index is 690. The fourth-order valence-electron chi connectivity index (χ4n) is 3.19. The molecule has 28 heavy (non-hydrogen) atoms. The monoisotopic (exact) mass is 407 g/mol. The lowest BCUT2D eigenvalue weighted by Crippen LogP contribution is -2.47. The van der Waals surface area contributed by atoms with Crippen LogP contribution in [0.3, 0.4) is 0 Å². The van der Waals surface area contributed by atoms with Crippen LogP contribution in [0.5, 0.6) is 5.75 Å². The molecule has 7 heteroatoms. The largest absolute Gasteiger partial charge is 0.496 e. The normalized spacial score (nSPS) is 19.6. The maximum absolute atomic E-state index is 12.9. The number of rotatable bonds is 7. The minimum Gasteiger partial charge on any atom is -0.496 e. The molecular formula is C21H33N3O3S. The molecule has 3 amide bonds. The van der Waals surface area contributed by atoms with E-state index in [4.69, 9.17) is 4.74 Å². The van der Waals surface area contributed by atoms with Crippen molar-refractivity contribution < 1.29 is 14.3 Å². The van der Waals surface area contributed by atoms with Crippen LogP contribution in [0.15, 0.2) is 24.3 Å². The van der Waals surface area contributed by atoms with Crippen molar-refractivity contribution in [1.82, 2.24) is 15.1 Å². The maximum atomic E-state index is 12.9. The lowest BCUT2D eigenvalue weighted by Gasteiger charge is -2.28. The summed E-state index contributed by atoms with van der Waals surface area (Å²) in [6, 6.07) is 7.78. The van der Waals surface area contributed by atoms with Crippen molar-refractivity contribution in [3.05, 3.63) is 29.8 Å². The summed E-state index contributed by atoms with van der Waals surface area (Å²) in [6.07, 6.45) is 1.53. The molecule has 0 spiro atoms. The first-order valence-electron chi connectivity index (χ1n) is 9.80. The lowest BCUT2D eigenvalue weighted by atomic mass is 10.1. The second-order valence-corrected chi connectivity index (χ2v) is 9.40. The van der Waals surface area contributed by atoms with Gasteiger partial charge in [0.05, 0.1) is 12.4 Å². The van der Waals surface area contributed by atoms with Crippen LogP contribution >= 0.6 is 11.8 Å². The van der Waals surface area contributed by atoms with Crippen molar-refractivity contribution in [2.24, 2.45) is 0 Å². The van der Waals surface area contributed by atoms with Gasteiger partial charge in [0.15, 0.2) is 0 Å². The number of carbonyl (C=O) groups excluding carboxylic acids is 2. The molecule has 0 aliphatic carbocycles. The molecule has 0 radical (unpaired) electrons. The van der Waals surface area contributed by atoms with Gasteiger partial charge >= 0.3 is 6.03 Å². The van der Waals surface area contributed by atoms with Gasteiger partial charge in [0, 0.05) is 31.2 Å². The van der Waals surface area contributed by atoms with Crippen molar-refractivity contribution in [3.63, 3.8) is 0 Å². The molecule has 2 atom stereocenters. The second-order valence-electron chi connectivity index (χ2n) is 8.11. The number of thioether (sulfide) groups is 1. The Morgan fingerprint density at radius 2 is 2.00 bits per heavy atom. The molecule has 0 unspecified atom stereocenters. The SMILES string of the molecule is CC[C@@H]1S[C@H](c2ccccc2OC)N(CCCN(C)C(=O)NC(C)(C)C)C1=O. The van der Waals surface area contributed by atoms with Crippen LogP contribution in [0, 0.1) is 0 Å². The van der Waals surface area contributed by atoms with E-state index in [2.05, 4.69) is 5.32 Å². The van der Waals surface area contributed by atoms with E-state index < -0.39 is 0 Å². The van der Waals surface area contributed by atoms with E-state index in [9.17, 15) is 9.59 Å². The molecule has 0 aromatic heterocycles. The summed E-state index contributed by atoms with van der Waals surface area (Å²) >= 11 is 1.69. The Morgan fingerprint density at radius 1 is 1.32 bits per heavy atom. The molecule has 1 heterocycles. The fourth-order valence-corrected chi connectivity index (χ4v) is 4.65. The molecule has 156 valence electrons. The highest BCUT2D eigenvalue weighted by Gasteiger charge is 2.40. The summed E-state index contributed by atoms with van der Waals surface area (Å²) in [4.78, 5) is 28.7. The number of para-hydroxylation sites is 1. The molecule has 1 aromatic rings. The third kappa shape index (κ3) is 5.56. The lowest BCUT2D eigenvalue weighted by molar-refractivity contribution is -0.130. The molecule has 1 aliphatic rings. The van der Waals surface area contributed by atoms with Crippen LogP contribution in [0.1, 0.15) is 51.5 Å². The first-order chi connectivity index (χ1) is 13.2. The summed E-state index contributed by atoms with van der Waals surface area (Å²) in [6.45, 7) is 9.12. The quantitative estimate of drug-likeness (QED) is 0.745. The zero-order chi connectivity index (χ0) is 20.9. The number of hydrogen-bond acceptors (Lipinski definition) is 4. The first kappa shape index (κ1) is 22.4. The number of amides is 3. The summed E-state index contributed by atoms with van der Waals surface area (Å²) in [5, 5.41) is 2.87. The number of methoxy groups -OCH3 is 1. The van der Waals surface area contributed by atoms with Gasteiger partial charge in [0.25, 0.3) is 0 Å². The molecule has 0 bridgehead atoms. The number of nitrogens with one attached hydrogen (secondary N) is 1. The minimum absolute atomic E-state index is 0.0307. The smallest absolute Gasteiger partial charge is 0.317 e. The van der Waals surface area contributed by atoms with E-state index >= 15 is 0 Å². The molecular weight excluding hydrogens is 374 g/mol. The Morgan fingerprint density at radius 3 is 2.61 bits per heavy atom. The van der Waals surface area contributed by atoms with Gasteiger partial charge in [-0.05, 0) is 39.7 Å². The predicted molar refractivity (Wildman–Crippen MR) is 115 cm³/mol. The average molecular weight is 408 g/mol. The van der Waals surface area contributed by atoms with E-state index in [1.807, 2.05) is 56.9 Å². The van der Waals surface area contributed by atoms with Crippen LogP contribution < -0.4 is 10.1 Å². The highest BCUT2D eigenvalue weighted by atomic mass is 32.2. The van der Waals surface area contributed by atoms with E-state index in [1.54, 1.807) is 30.8 Å². The number of carbonyl (C=O) groups is 2. The highest BCUT2D eigenvalue weighted by Crippen LogP contribution is 2.46. The first-order valence-corrected chi connectivity index (χ1v) is 10.7. The summed E-state index contributed by atoms with van der Waals surface area (Å²) in [5.74, 6) is 0.974. The summed E-state index contributed by atoms with van der Waals surface area (Å²) in [7, 11) is 3.44. The molecule has 6 nitrogen and oxygen atoms in total. The third-order valence-electron chi connectivity index (χ3n) is 4.63. The second kappa shape index (κ2) is 9.54. The Kier molecular flexibility index (Phi) is 7.63. The van der Waals surface area contributed by atoms with Crippen LogP contribution in [-0.4, -0.2) is 59.8 Å².